The van der Waals surface area contributed by atoms with Gasteiger partial charge in [0.1, 0.15) is 10.6 Å². The van der Waals surface area contributed by atoms with Gasteiger partial charge in [0.15, 0.2) is 0 Å². The van der Waals surface area contributed by atoms with Crippen LogP contribution in [0.5, 0.6) is 0 Å². The van der Waals surface area contributed by atoms with Crippen LogP contribution in [0.25, 0.3) is 10.8 Å². The van der Waals surface area contributed by atoms with Gasteiger partial charge in [-0.05, 0) is 23.6 Å². The van der Waals surface area contributed by atoms with Crippen molar-refractivity contribution in [2.75, 3.05) is 0 Å². The van der Waals surface area contributed by atoms with E-state index in [1.54, 1.807) is 12.1 Å². The van der Waals surface area contributed by atoms with Gasteiger partial charge in [-0.1, -0.05) is 48.5 Å². The van der Waals surface area contributed by atoms with Gasteiger partial charge in [-0.15, -0.1) is 10.2 Å². The molecule has 0 aliphatic carbocycles. The SMILES string of the molecule is O=S(=O)(O)c1ccccc1N=Nc1cccc2ccccc12. The third-order valence-electron chi connectivity index (χ3n) is 3.18. The summed E-state index contributed by atoms with van der Waals surface area (Å²) in [6.07, 6.45) is 0. The van der Waals surface area contributed by atoms with Crippen LogP contribution in [-0.2, 0) is 10.1 Å². The summed E-state index contributed by atoms with van der Waals surface area (Å²) in [7, 11) is -4.33. The van der Waals surface area contributed by atoms with Gasteiger partial charge >= 0.3 is 0 Å². The average Bonchev–Trinajstić information content (AvgIpc) is 2.52. The van der Waals surface area contributed by atoms with E-state index in [2.05, 4.69) is 10.2 Å². The lowest BCUT2D eigenvalue weighted by molar-refractivity contribution is 0.483. The third-order valence-corrected chi connectivity index (χ3v) is 4.08. The molecule has 5 nitrogen and oxygen atoms in total. The Kier molecular flexibility index (Phi) is 3.70. The Morgan fingerprint density at radius 1 is 0.727 bits per heavy atom. The molecule has 0 aliphatic rings. The number of hydrogen-bond acceptors (Lipinski definition) is 4. The second-order valence-electron chi connectivity index (χ2n) is 4.64. The fourth-order valence-electron chi connectivity index (χ4n) is 2.16. The number of rotatable bonds is 3. The lowest BCUT2D eigenvalue weighted by Crippen LogP contribution is -1.97. The Bertz CT molecular complexity index is 961. The first kappa shape index (κ1) is 14.4. The zero-order chi connectivity index (χ0) is 15.6. The molecule has 0 spiro atoms. The largest absolute Gasteiger partial charge is 0.296 e. The highest BCUT2D eigenvalue weighted by Gasteiger charge is 2.14. The van der Waals surface area contributed by atoms with Crippen LogP contribution in [0, 0.1) is 0 Å². The van der Waals surface area contributed by atoms with Crippen molar-refractivity contribution in [3.05, 3.63) is 66.7 Å². The van der Waals surface area contributed by atoms with E-state index in [4.69, 9.17) is 0 Å². The molecular weight excluding hydrogens is 300 g/mol. The number of azo groups is 1. The van der Waals surface area contributed by atoms with E-state index in [1.165, 1.54) is 18.2 Å². The van der Waals surface area contributed by atoms with Crippen LogP contribution in [0.4, 0.5) is 11.4 Å². The number of nitrogens with zero attached hydrogens (tertiary/aromatic N) is 2. The molecule has 0 radical (unpaired) electrons. The highest BCUT2D eigenvalue weighted by atomic mass is 32.2. The number of benzene rings is 3. The van der Waals surface area contributed by atoms with Crippen molar-refractivity contribution in [2.45, 2.75) is 4.90 Å². The first-order valence-corrected chi connectivity index (χ1v) is 7.96. The molecule has 0 heterocycles. The fourth-order valence-corrected chi connectivity index (χ4v) is 2.78. The molecule has 0 saturated carbocycles. The monoisotopic (exact) mass is 312 g/mol. The topological polar surface area (TPSA) is 79.1 Å². The van der Waals surface area contributed by atoms with Crippen LogP contribution in [-0.4, -0.2) is 13.0 Å². The van der Waals surface area contributed by atoms with E-state index in [-0.39, 0.29) is 10.6 Å². The molecule has 3 aromatic rings. The first-order chi connectivity index (χ1) is 10.6. The minimum atomic E-state index is -4.33. The van der Waals surface area contributed by atoms with E-state index >= 15 is 0 Å². The van der Waals surface area contributed by atoms with Crippen LogP contribution in [0.1, 0.15) is 0 Å². The molecule has 0 fully saturated rings. The van der Waals surface area contributed by atoms with Crippen molar-refractivity contribution >= 4 is 32.3 Å². The normalized spacial score (nSPS) is 12.0. The second kappa shape index (κ2) is 5.67. The van der Waals surface area contributed by atoms with Crippen molar-refractivity contribution < 1.29 is 13.0 Å². The van der Waals surface area contributed by atoms with Crippen molar-refractivity contribution in [1.82, 2.24) is 0 Å². The zero-order valence-electron chi connectivity index (χ0n) is 11.4. The summed E-state index contributed by atoms with van der Waals surface area (Å²) < 4.78 is 31.9. The lowest BCUT2D eigenvalue weighted by atomic mass is 10.1. The van der Waals surface area contributed by atoms with Crippen molar-refractivity contribution in [3.63, 3.8) is 0 Å². The lowest BCUT2D eigenvalue weighted by Gasteiger charge is -2.02. The van der Waals surface area contributed by atoms with Gasteiger partial charge in [0, 0.05) is 5.39 Å². The minimum absolute atomic E-state index is 0.0953. The molecule has 3 aromatic carbocycles. The van der Waals surface area contributed by atoms with E-state index in [1.807, 2.05) is 36.4 Å². The maximum absolute atomic E-state index is 11.3. The molecule has 0 atom stereocenters. The van der Waals surface area contributed by atoms with Crippen molar-refractivity contribution in [1.29, 1.82) is 0 Å². The predicted molar refractivity (Wildman–Crippen MR) is 84.4 cm³/mol. The molecule has 3 rings (SSSR count). The number of fused-ring (bicyclic) bond motifs is 1. The molecule has 1 N–H and O–H groups in total. The summed E-state index contributed by atoms with van der Waals surface area (Å²) in [4.78, 5) is -0.265. The molecule has 0 aliphatic heterocycles. The summed E-state index contributed by atoms with van der Waals surface area (Å²) in [5.41, 5.74) is 0.723. The fraction of sp³-hybridized carbons (Fsp3) is 0. The van der Waals surface area contributed by atoms with E-state index < -0.39 is 10.1 Å². The summed E-state index contributed by atoms with van der Waals surface area (Å²) >= 11 is 0. The third kappa shape index (κ3) is 2.88. The van der Waals surface area contributed by atoms with Crippen LogP contribution in [0.15, 0.2) is 81.9 Å². The highest BCUT2D eigenvalue weighted by molar-refractivity contribution is 7.86. The Hall–Kier alpha value is -2.57. The standard InChI is InChI=1S/C16H12N2O3S/c19-22(20,21)16-11-4-3-9-15(16)18-17-14-10-5-7-12-6-1-2-8-13(12)14/h1-11H,(H,19,20,21). The molecule has 0 bridgehead atoms. The summed E-state index contributed by atoms with van der Waals surface area (Å²) in [6.45, 7) is 0. The van der Waals surface area contributed by atoms with E-state index in [0.717, 1.165) is 10.8 Å². The van der Waals surface area contributed by atoms with Gasteiger partial charge in [0.05, 0.1) is 5.69 Å². The number of hydrogen-bond donors (Lipinski definition) is 1. The molecule has 0 saturated heterocycles. The summed E-state index contributed by atoms with van der Waals surface area (Å²) in [5, 5.41) is 10.0. The van der Waals surface area contributed by atoms with Gasteiger partial charge in [0.2, 0.25) is 0 Å². The average molecular weight is 312 g/mol. The zero-order valence-corrected chi connectivity index (χ0v) is 12.2. The first-order valence-electron chi connectivity index (χ1n) is 6.52. The minimum Gasteiger partial charge on any atom is -0.282 e. The summed E-state index contributed by atoms with van der Waals surface area (Å²) in [6, 6.07) is 19.2. The van der Waals surface area contributed by atoms with Gasteiger partial charge < -0.3 is 0 Å². The molecule has 22 heavy (non-hydrogen) atoms. The van der Waals surface area contributed by atoms with Crippen LogP contribution in [0.2, 0.25) is 0 Å². The van der Waals surface area contributed by atoms with Gasteiger partial charge in [-0.3, -0.25) is 4.55 Å². The Balaban J connectivity index is 2.08. The van der Waals surface area contributed by atoms with E-state index in [0.29, 0.717) is 5.69 Å². The molecule has 0 amide bonds. The maximum atomic E-state index is 11.3. The molecule has 0 unspecified atom stereocenters. The van der Waals surface area contributed by atoms with E-state index in [9.17, 15) is 13.0 Å². The Morgan fingerprint density at radius 2 is 1.32 bits per heavy atom. The van der Waals surface area contributed by atoms with Gasteiger partial charge in [-0.25, -0.2) is 0 Å². The molecule has 6 heteroatoms. The molecule has 0 aromatic heterocycles. The maximum Gasteiger partial charge on any atom is 0.296 e. The second-order valence-corrected chi connectivity index (χ2v) is 6.03. The summed E-state index contributed by atoms with van der Waals surface area (Å²) in [5.74, 6) is 0. The van der Waals surface area contributed by atoms with Crippen molar-refractivity contribution in [2.24, 2.45) is 10.2 Å². The smallest absolute Gasteiger partial charge is 0.282 e. The molecular formula is C16H12N2O3S. The molecule has 110 valence electrons. The van der Waals surface area contributed by atoms with Crippen LogP contribution in [0.3, 0.4) is 0 Å². The Morgan fingerprint density at radius 3 is 2.14 bits per heavy atom. The highest BCUT2D eigenvalue weighted by Crippen LogP contribution is 2.29. The predicted octanol–water partition coefficient (Wildman–Crippen LogP) is 4.50. The Labute approximate surface area is 127 Å². The van der Waals surface area contributed by atoms with Gasteiger partial charge in [-0.2, -0.15) is 8.42 Å². The van der Waals surface area contributed by atoms with Crippen LogP contribution < -0.4 is 0 Å². The van der Waals surface area contributed by atoms with Crippen LogP contribution >= 0.6 is 0 Å². The van der Waals surface area contributed by atoms with Crippen molar-refractivity contribution in [3.8, 4) is 0 Å². The quantitative estimate of drug-likeness (QED) is 0.571. The van der Waals surface area contributed by atoms with Gasteiger partial charge in [0.25, 0.3) is 10.1 Å².